The second kappa shape index (κ2) is 7.90. The summed E-state index contributed by atoms with van der Waals surface area (Å²) in [5.41, 5.74) is 7.58. The Balaban J connectivity index is 1.33. The summed E-state index contributed by atoms with van der Waals surface area (Å²) in [4.78, 5) is 18.8. The van der Waals surface area contributed by atoms with Crippen molar-refractivity contribution in [2.75, 3.05) is 29.0 Å². The van der Waals surface area contributed by atoms with Crippen LogP contribution in [0.1, 0.15) is 12.0 Å². The molecule has 0 radical (unpaired) electrons. The van der Waals surface area contributed by atoms with Crippen molar-refractivity contribution in [1.82, 2.24) is 20.1 Å². The summed E-state index contributed by atoms with van der Waals surface area (Å²) in [6, 6.07) is 14.7. The summed E-state index contributed by atoms with van der Waals surface area (Å²) < 4.78 is 1.48. The van der Waals surface area contributed by atoms with Crippen LogP contribution in [0.3, 0.4) is 0 Å². The number of carbonyl (C=O) groups is 1. The van der Waals surface area contributed by atoms with Gasteiger partial charge in [-0.1, -0.05) is 6.07 Å². The maximum Gasteiger partial charge on any atom is 0.319 e. The second-order valence-corrected chi connectivity index (χ2v) is 6.73. The number of anilines is 3. The number of benzene rings is 1. The highest BCUT2D eigenvalue weighted by Gasteiger charge is 2.24. The van der Waals surface area contributed by atoms with Gasteiger partial charge in [-0.15, -0.1) is 0 Å². The fraction of sp³-hybridized carbons (Fsp3) is 0.200. The average molecular weight is 388 g/mol. The predicted molar refractivity (Wildman–Crippen MR) is 110 cm³/mol. The first-order valence-electron chi connectivity index (χ1n) is 9.21. The SMILES string of the molecule is N#Cc1cnn(-c2ccc(NC(=O)NC3CCN(c4ccccn4)C3)cc2)c1N. The number of nitrogens with one attached hydrogen (secondary N) is 2. The third-order valence-electron chi connectivity index (χ3n) is 4.79. The Kier molecular flexibility index (Phi) is 4.99. The molecule has 0 aliphatic carbocycles. The fourth-order valence-electron chi connectivity index (χ4n) is 3.32. The molecule has 1 atom stereocenters. The molecule has 4 N–H and O–H groups in total. The minimum Gasteiger partial charge on any atom is -0.382 e. The number of pyridine rings is 1. The van der Waals surface area contributed by atoms with Gasteiger partial charge in [0.1, 0.15) is 23.3 Å². The Morgan fingerprint density at radius 1 is 1.24 bits per heavy atom. The van der Waals surface area contributed by atoms with Crippen LogP contribution in [0.2, 0.25) is 0 Å². The first-order chi connectivity index (χ1) is 14.1. The molecule has 29 heavy (non-hydrogen) atoms. The molecule has 4 rings (SSSR count). The fourth-order valence-corrected chi connectivity index (χ4v) is 3.32. The number of carbonyl (C=O) groups excluding carboxylic acids is 1. The van der Waals surface area contributed by atoms with Crippen LogP contribution >= 0.6 is 0 Å². The van der Waals surface area contributed by atoms with Gasteiger partial charge in [-0.05, 0) is 42.8 Å². The molecule has 1 aromatic carbocycles. The molecule has 1 unspecified atom stereocenters. The van der Waals surface area contributed by atoms with Crippen molar-refractivity contribution in [3.63, 3.8) is 0 Å². The van der Waals surface area contributed by atoms with Gasteiger partial charge in [0.2, 0.25) is 0 Å². The molecule has 2 aromatic heterocycles. The second-order valence-electron chi connectivity index (χ2n) is 6.73. The van der Waals surface area contributed by atoms with Crippen molar-refractivity contribution in [2.24, 2.45) is 0 Å². The molecule has 1 saturated heterocycles. The summed E-state index contributed by atoms with van der Waals surface area (Å²) in [6.07, 6.45) is 4.05. The Hall–Kier alpha value is -4.06. The number of nitriles is 1. The summed E-state index contributed by atoms with van der Waals surface area (Å²) in [6.45, 7) is 1.58. The van der Waals surface area contributed by atoms with E-state index >= 15 is 0 Å². The minimum atomic E-state index is -0.254. The van der Waals surface area contributed by atoms with Gasteiger partial charge in [-0.3, -0.25) is 0 Å². The Labute approximate surface area is 167 Å². The smallest absolute Gasteiger partial charge is 0.319 e. The van der Waals surface area contributed by atoms with E-state index in [0.717, 1.165) is 25.3 Å². The summed E-state index contributed by atoms with van der Waals surface area (Å²) >= 11 is 0. The zero-order valence-corrected chi connectivity index (χ0v) is 15.6. The number of nitrogen functional groups attached to an aromatic ring is 1. The molecule has 2 amide bonds. The highest BCUT2D eigenvalue weighted by molar-refractivity contribution is 5.89. The molecule has 3 aromatic rings. The third kappa shape index (κ3) is 3.96. The topological polar surface area (TPSA) is 125 Å². The van der Waals surface area contributed by atoms with E-state index in [0.29, 0.717) is 16.9 Å². The van der Waals surface area contributed by atoms with E-state index in [1.165, 1.54) is 10.9 Å². The summed E-state index contributed by atoms with van der Waals surface area (Å²) in [5.74, 6) is 1.20. The van der Waals surface area contributed by atoms with Crippen LogP contribution in [0, 0.1) is 11.3 Å². The largest absolute Gasteiger partial charge is 0.382 e. The number of hydrogen-bond donors (Lipinski definition) is 3. The van der Waals surface area contributed by atoms with Gasteiger partial charge in [0, 0.05) is 31.0 Å². The molecule has 0 saturated carbocycles. The molecule has 1 fully saturated rings. The van der Waals surface area contributed by atoms with Gasteiger partial charge in [0.15, 0.2) is 0 Å². The van der Waals surface area contributed by atoms with Crippen LogP contribution in [-0.4, -0.2) is 39.9 Å². The quantitative estimate of drug-likeness (QED) is 0.629. The molecule has 9 nitrogen and oxygen atoms in total. The zero-order chi connectivity index (χ0) is 20.2. The molecule has 3 heterocycles. The number of nitrogens with two attached hydrogens (primary N) is 1. The van der Waals surface area contributed by atoms with E-state index in [4.69, 9.17) is 11.0 Å². The third-order valence-corrected chi connectivity index (χ3v) is 4.79. The van der Waals surface area contributed by atoms with Crippen molar-refractivity contribution >= 4 is 23.4 Å². The monoisotopic (exact) mass is 388 g/mol. The number of amides is 2. The Bertz CT molecular complexity index is 1040. The highest BCUT2D eigenvalue weighted by atomic mass is 16.2. The molecular formula is C20H20N8O. The predicted octanol–water partition coefficient (Wildman–Crippen LogP) is 2.12. The molecule has 146 valence electrons. The van der Waals surface area contributed by atoms with Crippen molar-refractivity contribution < 1.29 is 4.79 Å². The molecular weight excluding hydrogens is 368 g/mol. The van der Waals surface area contributed by atoms with E-state index in [1.54, 1.807) is 30.5 Å². The maximum atomic E-state index is 12.3. The maximum absolute atomic E-state index is 12.3. The van der Waals surface area contributed by atoms with E-state index in [2.05, 4.69) is 25.6 Å². The first kappa shape index (κ1) is 18.3. The van der Waals surface area contributed by atoms with Gasteiger partial charge in [-0.2, -0.15) is 10.4 Å². The lowest BCUT2D eigenvalue weighted by molar-refractivity contribution is 0.249. The standard InChI is InChI=1S/C20H20N8O/c21-11-14-12-24-28(19(14)22)17-6-4-15(5-7-17)25-20(29)26-16-8-10-27(13-16)18-3-1-2-9-23-18/h1-7,9,12,16H,8,10,13,22H2,(H2,25,26,29). The van der Waals surface area contributed by atoms with E-state index in [-0.39, 0.29) is 17.9 Å². The Morgan fingerprint density at radius 2 is 2.07 bits per heavy atom. The number of rotatable bonds is 4. The van der Waals surface area contributed by atoms with Crippen LogP contribution in [-0.2, 0) is 0 Å². The van der Waals surface area contributed by atoms with E-state index in [9.17, 15) is 4.79 Å². The highest BCUT2D eigenvalue weighted by Crippen LogP contribution is 2.19. The molecule has 1 aliphatic heterocycles. The lowest BCUT2D eigenvalue weighted by Crippen LogP contribution is -2.39. The van der Waals surface area contributed by atoms with Crippen LogP contribution in [0.4, 0.5) is 22.1 Å². The number of hydrogen-bond acceptors (Lipinski definition) is 6. The number of aromatic nitrogens is 3. The van der Waals surface area contributed by atoms with Crippen LogP contribution in [0.5, 0.6) is 0 Å². The zero-order valence-electron chi connectivity index (χ0n) is 15.6. The molecule has 0 spiro atoms. The van der Waals surface area contributed by atoms with E-state index in [1.807, 2.05) is 24.3 Å². The van der Waals surface area contributed by atoms with Gasteiger partial charge >= 0.3 is 6.03 Å². The van der Waals surface area contributed by atoms with Crippen LogP contribution in [0.25, 0.3) is 5.69 Å². The van der Waals surface area contributed by atoms with Crippen LogP contribution in [0.15, 0.2) is 54.9 Å². The van der Waals surface area contributed by atoms with Crippen molar-refractivity contribution in [3.05, 3.63) is 60.4 Å². The molecule has 9 heteroatoms. The lowest BCUT2D eigenvalue weighted by Gasteiger charge is -2.18. The van der Waals surface area contributed by atoms with E-state index < -0.39 is 0 Å². The summed E-state index contributed by atoms with van der Waals surface area (Å²) in [5, 5.41) is 18.9. The van der Waals surface area contributed by atoms with Gasteiger partial charge < -0.3 is 21.3 Å². The normalized spacial score (nSPS) is 15.7. The van der Waals surface area contributed by atoms with Gasteiger partial charge in [-0.25, -0.2) is 14.5 Å². The van der Waals surface area contributed by atoms with Gasteiger partial charge in [0.25, 0.3) is 0 Å². The number of urea groups is 1. The summed E-state index contributed by atoms with van der Waals surface area (Å²) in [7, 11) is 0. The lowest BCUT2D eigenvalue weighted by atomic mass is 10.2. The van der Waals surface area contributed by atoms with Crippen molar-refractivity contribution in [3.8, 4) is 11.8 Å². The number of nitrogens with zero attached hydrogens (tertiary/aromatic N) is 5. The molecule has 1 aliphatic rings. The van der Waals surface area contributed by atoms with Crippen molar-refractivity contribution in [2.45, 2.75) is 12.5 Å². The minimum absolute atomic E-state index is 0.0598. The first-order valence-corrected chi connectivity index (χ1v) is 9.21. The van der Waals surface area contributed by atoms with Crippen molar-refractivity contribution in [1.29, 1.82) is 5.26 Å². The Morgan fingerprint density at radius 3 is 2.76 bits per heavy atom. The average Bonchev–Trinajstić information content (AvgIpc) is 3.35. The van der Waals surface area contributed by atoms with Crippen LogP contribution < -0.4 is 21.3 Å². The molecule has 0 bridgehead atoms. The van der Waals surface area contributed by atoms with Gasteiger partial charge in [0.05, 0.1) is 11.9 Å².